The molecule has 0 aromatic heterocycles. The van der Waals surface area contributed by atoms with E-state index in [-0.39, 0.29) is 12.5 Å². The Morgan fingerprint density at radius 2 is 0.716 bits per heavy atom. The van der Waals surface area contributed by atoms with Crippen molar-refractivity contribution in [3.8, 4) is 0 Å². The van der Waals surface area contributed by atoms with Gasteiger partial charge in [0.2, 0.25) is 5.91 Å². The quantitative estimate of drug-likeness (QED) is 0.0204. The van der Waals surface area contributed by atoms with Crippen molar-refractivity contribution in [2.75, 3.05) is 19.8 Å². The molecule has 0 saturated carbocycles. The summed E-state index contributed by atoms with van der Waals surface area (Å²) in [6, 6.07) is -0.829. The van der Waals surface area contributed by atoms with Gasteiger partial charge in [0.25, 0.3) is 0 Å². The number of allylic oxidation sites excluding steroid dienone is 2. The normalized spacial score (nSPS) is 23.1. The lowest BCUT2D eigenvalue weighted by atomic mass is 9.97. The van der Waals surface area contributed by atoms with Gasteiger partial charge in [0.05, 0.1) is 32.0 Å². The Bertz CT molecular complexity index is 1520. The lowest BCUT2D eigenvalue weighted by Crippen LogP contribution is -2.65. The van der Waals surface area contributed by atoms with Crippen LogP contribution in [0.2, 0.25) is 0 Å². The molecule has 0 radical (unpaired) electrons. The van der Waals surface area contributed by atoms with Gasteiger partial charge in [-0.3, -0.25) is 4.79 Å². The van der Waals surface area contributed by atoms with E-state index in [2.05, 4.69) is 31.3 Å². The zero-order valence-electron chi connectivity index (χ0n) is 57.0. The highest BCUT2D eigenvalue weighted by atomic mass is 16.7. The molecule has 522 valence electrons. The highest BCUT2D eigenvalue weighted by molar-refractivity contribution is 5.76. The number of nitrogens with one attached hydrogen (secondary N) is 1. The van der Waals surface area contributed by atoms with Crippen LogP contribution in [0.5, 0.6) is 0 Å². The number of amides is 1. The largest absolute Gasteiger partial charge is 0.394 e. The van der Waals surface area contributed by atoms with E-state index in [1.807, 2.05) is 0 Å². The fourth-order valence-corrected chi connectivity index (χ4v) is 12.9. The SMILES string of the molecule is CCCCCCCCCC/C=C\CCCCCCCCCCCC(=O)NC(COC1OC(CO)C(OC2OC(CO)C(O)C(O)C2O)C(O)C1O)C(O)CCCCCCCCCCCCCCCCCCCCCCCCCCCCCCCCCCC. The van der Waals surface area contributed by atoms with Gasteiger partial charge in [0.1, 0.15) is 48.8 Å². The summed E-state index contributed by atoms with van der Waals surface area (Å²) in [5, 5.41) is 87.7. The third-order valence-electron chi connectivity index (χ3n) is 19.0. The highest BCUT2D eigenvalue weighted by Gasteiger charge is 2.51. The molecular formula is C74H143NO13. The lowest BCUT2D eigenvalue weighted by Gasteiger charge is -2.46. The van der Waals surface area contributed by atoms with Crippen molar-refractivity contribution in [1.29, 1.82) is 0 Å². The standard InChI is InChI=1S/C74H143NO13/c1-3-5-7-9-11-13-15-17-19-21-23-25-26-27-28-29-30-31-32-33-34-35-36-38-39-41-43-45-47-49-51-53-55-57-63(78)62(61-85-73-71(84)69(82)72(65(60-77)87-73)88-74-70(83)68(81)67(80)64(59-76)86-74)75-66(79)58-56-54-52-50-48-46-44-42-40-37-24-22-20-18-16-14-12-10-8-6-4-2/h22,24,62-65,67-74,76-78,80-84H,3-21,23,25-61H2,1-2H3,(H,75,79)/b24-22-. The molecule has 2 aliphatic heterocycles. The van der Waals surface area contributed by atoms with Crippen LogP contribution >= 0.6 is 0 Å². The minimum absolute atomic E-state index is 0.202. The summed E-state index contributed by atoms with van der Waals surface area (Å²) in [6.45, 7) is 2.92. The Hall–Kier alpha value is -1.27. The van der Waals surface area contributed by atoms with Crippen molar-refractivity contribution >= 4 is 5.91 Å². The molecule has 14 heteroatoms. The third kappa shape index (κ3) is 42.9. The molecule has 0 aliphatic carbocycles. The molecular weight excluding hydrogens is 1110 g/mol. The minimum Gasteiger partial charge on any atom is -0.394 e. The van der Waals surface area contributed by atoms with Crippen molar-refractivity contribution < 1.29 is 64.6 Å². The summed E-state index contributed by atoms with van der Waals surface area (Å²) >= 11 is 0. The van der Waals surface area contributed by atoms with E-state index in [0.29, 0.717) is 12.8 Å². The van der Waals surface area contributed by atoms with Gasteiger partial charge >= 0.3 is 0 Å². The number of rotatable bonds is 64. The summed E-state index contributed by atoms with van der Waals surface area (Å²) in [5.41, 5.74) is 0. The molecule has 12 unspecified atom stereocenters. The number of hydrogen-bond donors (Lipinski definition) is 9. The van der Waals surface area contributed by atoms with Crippen molar-refractivity contribution in [2.24, 2.45) is 0 Å². The topological polar surface area (TPSA) is 228 Å². The first kappa shape index (κ1) is 82.8. The number of carbonyl (C=O) groups is 1. The Morgan fingerprint density at radius 3 is 1.08 bits per heavy atom. The van der Waals surface area contributed by atoms with Crippen LogP contribution < -0.4 is 5.32 Å². The van der Waals surface area contributed by atoms with Gasteiger partial charge in [-0.2, -0.15) is 0 Å². The van der Waals surface area contributed by atoms with Crippen LogP contribution in [-0.2, 0) is 23.7 Å². The fraction of sp³-hybridized carbons (Fsp3) is 0.959. The number of ether oxygens (including phenoxy) is 4. The maximum atomic E-state index is 13.4. The van der Waals surface area contributed by atoms with Crippen LogP contribution in [-0.4, -0.2) is 140 Å². The highest BCUT2D eigenvalue weighted by Crippen LogP contribution is 2.30. The van der Waals surface area contributed by atoms with Crippen molar-refractivity contribution in [3.05, 3.63) is 12.2 Å². The summed E-state index contributed by atoms with van der Waals surface area (Å²) in [5.74, 6) is -0.202. The van der Waals surface area contributed by atoms with Gasteiger partial charge in [-0.1, -0.05) is 328 Å². The first-order chi connectivity index (χ1) is 43.1. The van der Waals surface area contributed by atoms with Crippen LogP contribution in [0.4, 0.5) is 0 Å². The van der Waals surface area contributed by atoms with Crippen molar-refractivity contribution in [3.63, 3.8) is 0 Å². The Kier molecular flexibility index (Phi) is 56.0. The third-order valence-corrected chi connectivity index (χ3v) is 19.0. The first-order valence-corrected chi connectivity index (χ1v) is 37.9. The van der Waals surface area contributed by atoms with Crippen LogP contribution in [0, 0.1) is 0 Å². The molecule has 0 aromatic carbocycles. The van der Waals surface area contributed by atoms with E-state index in [4.69, 9.17) is 18.9 Å². The Labute approximate surface area is 539 Å². The minimum atomic E-state index is -1.78. The van der Waals surface area contributed by atoms with Crippen LogP contribution in [0.3, 0.4) is 0 Å². The van der Waals surface area contributed by atoms with E-state index >= 15 is 0 Å². The molecule has 2 aliphatic rings. The summed E-state index contributed by atoms with van der Waals surface area (Å²) in [7, 11) is 0. The monoisotopic (exact) mass is 1250 g/mol. The number of aliphatic hydroxyl groups is 8. The predicted molar refractivity (Wildman–Crippen MR) is 360 cm³/mol. The van der Waals surface area contributed by atoms with Crippen molar-refractivity contribution in [1.82, 2.24) is 5.32 Å². The molecule has 0 bridgehead atoms. The van der Waals surface area contributed by atoms with Gasteiger partial charge in [-0.15, -0.1) is 0 Å². The second kappa shape index (κ2) is 59.5. The second-order valence-corrected chi connectivity index (χ2v) is 27.1. The van der Waals surface area contributed by atoms with E-state index in [9.17, 15) is 45.6 Å². The Balaban J connectivity index is 1.61. The maximum absolute atomic E-state index is 13.4. The molecule has 2 rings (SSSR count). The van der Waals surface area contributed by atoms with Crippen LogP contribution in [0.15, 0.2) is 12.2 Å². The Morgan fingerprint density at radius 1 is 0.398 bits per heavy atom. The van der Waals surface area contributed by atoms with Crippen LogP contribution in [0.1, 0.15) is 361 Å². The summed E-state index contributed by atoms with van der Waals surface area (Å²) in [4.78, 5) is 13.4. The van der Waals surface area contributed by atoms with Crippen molar-refractivity contribution in [2.45, 2.75) is 434 Å². The average Bonchev–Trinajstić information content (AvgIpc) is 2.01. The van der Waals surface area contributed by atoms with E-state index in [1.54, 1.807) is 0 Å². The van der Waals surface area contributed by atoms with E-state index < -0.39 is 86.8 Å². The molecule has 2 heterocycles. The summed E-state index contributed by atoms with van der Waals surface area (Å²) in [6.07, 6.45) is 56.7. The lowest BCUT2D eigenvalue weighted by molar-refractivity contribution is -0.359. The molecule has 88 heavy (non-hydrogen) atoms. The fourth-order valence-electron chi connectivity index (χ4n) is 12.9. The number of carbonyl (C=O) groups excluding carboxylic acids is 1. The smallest absolute Gasteiger partial charge is 0.220 e. The molecule has 2 fully saturated rings. The van der Waals surface area contributed by atoms with Gasteiger partial charge in [0.15, 0.2) is 12.6 Å². The van der Waals surface area contributed by atoms with Gasteiger partial charge in [0, 0.05) is 6.42 Å². The molecule has 14 nitrogen and oxygen atoms in total. The van der Waals surface area contributed by atoms with Gasteiger partial charge in [-0.05, 0) is 38.5 Å². The molecule has 0 aromatic rings. The summed E-state index contributed by atoms with van der Waals surface area (Å²) < 4.78 is 23.0. The second-order valence-electron chi connectivity index (χ2n) is 27.1. The molecule has 9 N–H and O–H groups in total. The van der Waals surface area contributed by atoms with Gasteiger partial charge in [-0.25, -0.2) is 0 Å². The molecule has 2 saturated heterocycles. The van der Waals surface area contributed by atoms with E-state index in [1.165, 1.54) is 283 Å². The molecule has 1 amide bonds. The number of hydrogen-bond acceptors (Lipinski definition) is 13. The average molecular weight is 1250 g/mol. The van der Waals surface area contributed by atoms with Crippen LogP contribution in [0.25, 0.3) is 0 Å². The van der Waals surface area contributed by atoms with E-state index in [0.717, 1.165) is 51.4 Å². The van der Waals surface area contributed by atoms with Gasteiger partial charge < -0.3 is 65.1 Å². The maximum Gasteiger partial charge on any atom is 0.220 e. The number of aliphatic hydroxyl groups excluding tert-OH is 8. The predicted octanol–water partition coefficient (Wildman–Crippen LogP) is 16.1. The first-order valence-electron chi connectivity index (χ1n) is 37.9. The molecule has 12 atom stereocenters. The molecule has 0 spiro atoms. The zero-order valence-corrected chi connectivity index (χ0v) is 57.0. The number of unbranched alkanes of at least 4 members (excludes halogenated alkanes) is 49. The zero-order chi connectivity index (χ0) is 63.8.